The Kier molecular flexibility index (Phi) is 4.96. The van der Waals surface area contributed by atoms with Crippen molar-refractivity contribution < 1.29 is 8.78 Å². The largest absolute Gasteiger partial charge is 0.378 e. The third-order valence-electron chi connectivity index (χ3n) is 3.11. The third-order valence-corrected chi connectivity index (χ3v) is 3.36. The van der Waals surface area contributed by atoms with Gasteiger partial charge in [0.2, 0.25) is 0 Å². The van der Waals surface area contributed by atoms with Crippen LogP contribution >= 0.6 is 11.6 Å². The summed E-state index contributed by atoms with van der Waals surface area (Å²) in [5.41, 5.74) is 1.64. The van der Waals surface area contributed by atoms with Gasteiger partial charge in [-0.25, -0.2) is 8.78 Å². The number of benzene rings is 2. The van der Waals surface area contributed by atoms with Crippen molar-refractivity contribution in [3.05, 3.63) is 64.7 Å². The predicted molar refractivity (Wildman–Crippen MR) is 79.1 cm³/mol. The fourth-order valence-corrected chi connectivity index (χ4v) is 2.22. The topological polar surface area (TPSA) is 12.0 Å². The van der Waals surface area contributed by atoms with E-state index in [0.717, 1.165) is 24.5 Å². The smallest absolute Gasteiger partial charge is 0.160 e. The van der Waals surface area contributed by atoms with Gasteiger partial charge in [0, 0.05) is 16.8 Å². The van der Waals surface area contributed by atoms with Gasteiger partial charge in [-0.2, -0.15) is 0 Å². The quantitative estimate of drug-likeness (QED) is 0.760. The maximum atomic E-state index is 13.2. The molecule has 2 aromatic rings. The first kappa shape index (κ1) is 14.8. The second kappa shape index (κ2) is 6.71. The minimum Gasteiger partial charge on any atom is -0.378 e. The highest BCUT2D eigenvalue weighted by Crippen LogP contribution is 2.26. The number of rotatable bonds is 5. The SMILES string of the molecule is CCCC(Nc1ccc(F)c(F)c1)c1ccc(Cl)cc1. The van der Waals surface area contributed by atoms with E-state index >= 15 is 0 Å². The van der Waals surface area contributed by atoms with Gasteiger partial charge in [0.15, 0.2) is 11.6 Å². The zero-order valence-electron chi connectivity index (χ0n) is 11.2. The summed E-state index contributed by atoms with van der Waals surface area (Å²) in [6.07, 6.45) is 1.87. The molecule has 0 aliphatic rings. The molecule has 0 radical (unpaired) electrons. The molecule has 0 amide bonds. The highest BCUT2D eigenvalue weighted by molar-refractivity contribution is 6.30. The zero-order chi connectivity index (χ0) is 14.5. The number of hydrogen-bond donors (Lipinski definition) is 1. The molecule has 1 nitrogen and oxygen atoms in total. The van der Waals surface area contributed by atoms with Crippen LogP contribution in [0.4, 0.5) is 14.5 Å². The molecule has 2 rings (SSSR count). The van der Waals surface area contributed by atoms with Crippen molar-refractivity contribution in [2.75, 3.05) is 5.32 Å². The van der Waals surface area contributed by atoms with E-state index in [0.29, 0.717) is 10.7 Å². The van der Waals surface area contributed by atoms with Crippen LogP contribution in [0.2, 0.25) is 5.02 Å². The molecule has 106 valence electrons. The molecule has 0 bridgehead atoms. The minimum absolute atomic E-state index is 0.0436. The van der Waals surface area contributed by atoms with Gasteiger partial charge in [0.25, 0.3) is 0 Å². The summed E-state index contributed by atoms with van der Waals surface area (Å²) in [5.74, 6) is -1.68. The van der Waals surface area contributed by atoms with Crippen LogP contribution in [-0.4, -0.2) is 0 Å². The van der Waals surface area contributed by atoms with Crippen LogP contribution < -0.4 is 5.32 Å². The second-order valence-corrected chi connectivity index (χ2v) is 5.10. The van der Waals surface area contributed by atoms with Crippen LogP contribution in [-0.2, 0) is 0 Å². The fourth-order valence-electron chi connectivity index (χ4n) is 2.09. The van der Waals surface area contributed by atoms with Crippen molar-refractivity contribution in [3.8, 4) is 0 Å². The summed E-state index contributed by atoms with van der Waals surface area (Å²) in [6.45, 7) is 2.08. The van der Waals surface area contributed by atoms with E-state index in [-0.39, 0.29) is 6.04 Å². The molecule has 2 aromatic carbocycles. The molecule has 4 heteroatoms. The fraction of sp³-hybridized carbons (Fsp3) is 0.250. The van der Waals surface area contributed by atoms with E-state index in [4.69, 9.17) is 11.6 Å². The van der Waals surface area contributed by atoms with Crippen LogP contribution in [0, 0.1) is 11.6 Å². The Bertz CT molecular complexity index is 569. The van der Waals surface area contributed by atoms with Crippen molar-refractivity contribution in [2.24, 2.45) is 0 Å². The second-order valence-electron chi connectivity index (χ2n) is 4.67. The molecule has 20 heavy (non-hydrogen) atoms. The van der Waals surface area contributed by atoms with E-state index in [1.54, 1.807) is 0 Å². The first-order chi connectivity index (χ1) is 9.60. The lowest BCUT2D eigenvalue weighted by Crippen LogP contribution is -2.10. The van der Waals surface area contributed by atoms with Crippen molar-refractivity contribution in [1.29, 1.82) is 0 Å². The lowest BCUT2D eigenvalue weighted by Gasteiger charge is -2.20. The van der Waals surface area contributed by atoms with Crippen LogP contribution in [0.3, 0.4) is 0 Å². The van der Waals surface area contributed by atoms with Gasteiger partial charge < -0.3 is 5.32 Å². The van der Waals surface area contributed by atoms with Crippen LogP contribution in [0.1, 0.15) is 31.4 Å². The lowest BCUT2D eigenvalue weighted by molar-refractivity contribution is 0.508. The van der Waals surface area contributed by atoms with Gasteiger partial charge in [0.05, 0.1) is 6.04 Å². The van der Waals surface area contributed by atoms with Gasteiger partial charge >= 0.3 is 0 Å². The average Bonchev–Trinajstić information content (AvgIpc) is 2.43. The standard InChI is InChI=1S/C16H16ClF2N/c1-2-3-16(11-4-6-12(17)7-5-11)20-13-8-9-14(18)15(19)10-13/h4-10,16,20H,2-3H2,1H3. The molecule has 0 aromatic heterocycles. The minimum atomic E-state index is -0.846. The molecule has 1 atom stereocenters. The Morgan fingerprint density at radius 2 is 1.75 bits per heavy atom. The molecular weight excluding hydrogens is 280 g/mol. The van der Waals surface area contributed by atoms with Crippen molar-refractivity contribution >= 4 is 17.3 Å². The Morgan fingerprint density at radius 3 is 2.35 bits per heavy atom. The number of anilines is 1. The molecule has 0 saturated heterocycles. The first-order valence-corrected chi connectivity index (χ1v) is 6.95. The van der Waals surface area contributed by atoms with Crippen LogP contribution in [0.25, 0.3) is 0 Å². The summed E-state index contributed by atoms with van der Waals surface area (Å²) >= 11 is 5.88. The molecule has 0 spiro atoms. The van der Waals surface area contributed by atoms with Gasteiger partial charge in [-0.15, -0.1) is 0 Å². The number of nitrogens with one attached hydrogen (secondary N) is 1. The third kappa shape index (κ3) is 3.70. The Morgan fingerprint density at radius 1 is 1.05 bits per heavy atom. The number of halogens is 3. The molecule has 0 fully saturated rings. The van der Waals surface area contributed by atoms with Crippen molar-refractivity contribution in [2.45, 2.75) is 25.8 Å². The van der Waals surface area contributed by atoms with Gasteiger partial charge in [0.1, 0.15) is 0 Å². The van der Waals surface area contributed by atoms with E-state index in [1.807, 2.05) is 24.3 Å². The van der Waals surface area contributed by atoms with E-state index < -0.39 is 11.6 Å². The highest BCUT2D eigenvalue weighted by Gasteiger charge is 2.11. The van der Waals surface area contributed by atoms with E-state index in [1.165, 1.54) is 12.1 Å². The molecule has 0 aliphatic heterocycles. The number of hydrogen-bond acceptors (Lipinski definition) is 1. The summed E-state index contributed by atoms with van der Waals surface area (Å²) in [5, 5.41) is 3.91. The lowest BCUT2D eigenvalue weighted by atomic mass is 10.0. The summed E-state index contributed by atoms with van der Waals surface area (Å²) in [4.78, 5) is 0. The van der Waals surface area contributed by atoms with Crippen LogP contribution in [0.5, 0.6) is 0 Å². The molecule has 1 unspecified atom stereocenters. The first-order valence-electron chi connectivity index (χ1n) is 6.57. The Hall–Kier alpha value is -1.61. The molecule has 0 aliphatic carbocycles. The predicted octanol–water partition coefficient (Wildman–Crippen LogP) is 5.57. The van der Waals surface area contributed by atoms with Gasteiger partial charge in [-0.3, -0.25) is 0 Å². The maximum Gasteiger partial charge on any atom is 0.160 e. The summed E-state index contributed by atoms with van der Waals surface area (Å²) < 4.78 is 26.2. The van der Waals surface area contributed by atoms with Crippen molar-refractivity contribution in [1.82, 2.24) is 0 Å². The average molecular weight is 296 g/mol. The maximum absolute atomic E-state index is 13.2. The molecular formula is C16H16ClF2N. The van der Waals surface area contributed by atoms with E-state index in [9.17, 15) is 8.78 Å². The molecule has 1 N–H and O–H groups in total. The Balaban J connectivity index is 2.20. The molecule has 0 saturated carbocycles. The van der Waals surface area contributed by atoms with Gasteiger partial charge in [-0.1, -0.05) is 37.1 Å². The normalized spacial score (nSPS) is 12.2. The van der Waals surface area contributed by atoms with Crippen LogP contribution in [0.15, 0.2) is 42.5 Å². The van der Waals surface area contributed by atoms with Crippen molar-refractivity contribution in [3.63, 3.8) is 0 Å². The zero-order valence-corrected chi connectivity index (χ0v) is 11.9. The summed E-state index contributed by atoms with van der Waals surface area (Å²) in [6, 6.07) is 11.4. The molecule has 0 heterocycles. The monoisotopic (exact) mass is 295 g/mol. The highest BCUT2D eigenvalue weighted by atomic mass is 35.5. The van der Waals surface area contributed by atoms with Gasteiger partial charge in [-0.05, 0) is 36.2 Å². The Labute approximate surface area is 122 Å². The van der Waals surface area contributed by atoms with E-state index in [2.05, 4.69) is 12.2 Å². The summed E-state index contributed by atoms with van der Waals surface area (Å²) in [7, 11) is 0.